The van der Waals surface area contributed by atoms with E-state index >= 15 is 0 Å². The minimum absolute atomic E-state index is 0.0161. The van der Waals surface area contributed by atoms with Crippen molar-refractivity contribution in [2.75, 3.05) is 0 Å². The molecular formula is C15H8F2N2O4. The lowest BCUT2D eigenvalue weighted by Crippen LogP contribution is -1.96. The molecule has 116 valence electrons. The molecule has 3 aromatic rings. The summed E-state index contributed by atoms with van der Waals surface area (Å²) in [6.45, 7) is 0. The lowest BCUT2D eigenvalue weighted by atomic mass is 10.1. The molecule has 6 nitrogen and oxygen atoms in total. The smallest absolute Gasteiger partial charge is 0.335 e. The SMILES string of the molecule is O=C(O)c1ccc(O)c(-c2noc(-c3ccc(F)cc3F)n2)c1. The maximum Gasteiger partial charge on any atom is 0.335 e. The molecular weight excluding hydrogens is 310 g/mol. The van der Waals surface area contributed by atoms with Crippen LogP contribution in [0.25, 0.3) is 22.8 Å². The quantitative estimate of drug-likeness (QED) is 0.770. The van der Waals surface area contributed by atoms with E-state index in [0.717, 1.165) is 18.2 Å². The van der Waals surface area contributed by atoms with E-state index < -0.39 is 17.6 Å². The van der Waals surface area contributed by atoms with Gasteiger partial charge in [0.1, 0.15) is 17.4 Å². The number of carbonyl (C=O) groups is 1. The molecule has 3 rings (SSSR count). The lowest BCUT2D eigenvalue weighted by Gasteiger charge is -2.01. The monoisotopic (exact) mass is 318 g/mol. The Labute approximate surface area is 127 Å². The van der Waals surface area contributed by atoms with Crippen LogP contribution in [-0.2, 0) is 0 Å². The standard InChI is InChI=1S/C15H8F2N2O4/c16-8-2-3-9(11(17)6-8)14-18-13(19-23-14)10-5-7(15(21)22)1-4-12(10)20/h1-6,20H,(H,21,22). The molecule has 0 saturated carbocycles. The number of rotatable bonds is 3. The second kappa shape index (κ2) is 5.48. The van der Waals surface area contributed by atoms with Crippen LogP contribution < -0.4 is 0 Å². The fourth-order valence-electron chi connectivity index (χ4n) is 1.95. The summed E-state index contributed by atoms with van der Waals surface area (Å²) in [6.07, 6.45) is 0. The highest BCUT2D eigenvalue weighted by Gasteiger charge is 2.18. The van der Waals surface area contributed by atoms with Gasteiger partial charge in [-0.25, -0.2) is 13.6 Å². The zero-order valence-electron chi connectivity index (χ0n) is 11.3. The molecule has 1 heterocycles. The van der Waals surface area contributed by atoms with Gasteiger partial charge in [-0.15, -0.1) is 0 Å². The third kappa shape index (κ3) is 2.73. The zero-order chi connectivity index (χ0) is 16.6. The van der Waals surface area contributed by atoms with Crippen molar-refractivity contribution in [1.82, 2.24) is 10.1 Å². The fraction of sp³-hybridized carbons (Fsp3) is 0. The van der Waals surface area contributed by atoms with E-state index in [1.54, 1.807) is 0 Å². The summed E-state index contributed by atoms with van der Waals surface area (Å²) < 4.78 is 31.5. The maximum absolute atomic E-state index is 13.7. The number of aromatic hydroxyl groups is 1. The highest BCUT2D eigenvalue weighted by Crippen LogP contribution is 2.30. The van der Waals surface area contributed by atoms with Gasteiger partial charge < -0.3 is 14.7 Å². The maximum atomic E-state index is 13.7. The summed E-state index contributed by atoms with van der Waals surface area (Å²) in [7, 11) is 0. The Morgan fingerprint density at radius 1 is 1.09 bits per heavy atom. The minimum Gasteiger partial charge on any atom is -0.507 e. The second-order valence-corrected chi connectivity index (χ2v) is 4.58. The summed E-state index contributed by atoms with van der Waals surface area (Å²) in [6, 6.07) is 6.38. The van der Waals surface area contributed by atoms with E-state index in [-0.39, 0.29) is 34.2 Å². The number of aromatic carboxylic acids is 1. The summed E-state index contributed by atoms with van der Waals surface area (Å²) in [5.74, 6) is -3.44. The third-order valence-electron chi connectivity index (χ3n) is 3.07. The first-order valence-corrected chi connectivity index (χ1v) is 6.31. The number of phenolic OH excluding ortho intramolecular Hbond substituents is 1. The topological polar surface area (TPSA) is 96.5 Å². The first-order chi connectivity index (χ1) is 11.0. The molecule has 0 radical (unpaired) electrons. The van der Waals surface area contributed by atoms with Crippen LogP contribution in [0.15, 0.2) is 40.9 Å². The second-order valence-electron chi connectivity index (χ2n) is 4.58. The Bertz CT molecular complexity index is 908. The number of hydrogen-bond acceptors (Lipinski definition) is 5. The first-order valence-electron chi connectivity index (χ1n) is 6.31. The van der Waals surface area contributed by atoms with Crippen LogP contribution in [0.4, 0.5) is 8.78 Å². The molecule has 0 aliphatic heterocycles. The predicted octanol–water partition coefficient (Wildman–Crippen LogP) is 3.09. The number of hydrogen-bond donors (Lipinski definition) is 2. The highest BCUT2D eigenvalue weighted by molar-refractivity contribution is 5.90. The molecule has 1 aromatic heterocycles. The molecule has 0 aliphatic rings. The largest absolute Gasteiger partial charge is 0.507 e. The number of benzene rings is 2. The summed E-state index contributed by atoms with van der Waals surface area (Å²) in [4.78, 5) is 14.9. The van der Waals surface area contributed by atoms with Crippen LogP contribution in [0, 0.1) is 11.6 Å². The van der Waals surface area contributed by atoms with Crippen molar-refractivity contribution < 1.29 is 28.3 Å². The Kier molecular flexibility index (Phi) is 3.49. The van der Waals surface area contributed by atoms with Crippen molar-refractivity contribution in [1.29, 1.82) is 0 Å². The van der Waals surface area contributed by atoms with Crippen LogP contribution in [0.5, 0.6) is 5.75 Å². The van der Waals surface area contributed by atoms with Gasteiger partial charge in [0.25, 0.3) is 5.89 Å². The highest BCUT2D eigenvalue weighted by atomic mass is 19.1. The predicted molar refractivity (Wildman–Crippen MR) is 73.7 cm³/mol. The van der Waals surface area contributed by atoms with Crippen LogP contribution in [0.1, 0.15) is 10.4 Å². The molecule has 0 saturated heterocycles. The normalized spacial score (nSPS) is 10.7. The molecule has 0 bridgehead atoms. The van der Waals surface area contributed by atoms with Gasteiger partial charge in [-0.1, -0.05) is 5.16 Å². The fourth-order valence-corrected chi connectivity index (χ4v) is 1.95. The van der Waals surface area contributed by atoms with E-state index in [1.165, 1.54) is 12.1 Å². The Balaban J connectivity index is 2.05. The van der Waals surface area contributed by atoms with Crippen molar-refractivity contribution in [3.63, 3.8) is 0 Å². The van der Waals surface area contributed by atoms with Crippen molar-refractivity contribution in [3.8, 4) is 28.6 Å². The summed E-state index contributed by atoms with van der Waals surface area (Å²) in [5, 5.41) is 22.4. The van der Waals surface area contributed by atoms with Crippen molar-refractivity contribution in [3.05, 3.63) is 53.6 Å². The Morgan fingerprint density at radius 2 is 1.87 bits per heavy atom. The van der Waals surface area contributed by atoms with Gasteiger partial charge in [0.15, 0.2) is 0 Å². The van der Waals surface area contributed by atoms with Crippen LogP contribution >= 0.6 is 0 Å². The molecule has 8 heteroatoms. The van der Waals surface area contributed by atoms with Crippen molar-refractivity contribution >= 4 is 5.97 Å². The van der Waals surface area contributed by atoms with Gasteiger partial charge in [0, 0.05) is 6.07 Å². The van der Waals surface area contributed by atoms with Gasteiger partial charge in [-0.2, -0.15) is 4.98 Å². The van der Waals surface area contributed by atoms with Crippen LogP contribution in [-0.4, -0.2) is 26.3 Å². The van der Waals surface area contributed by atoms with E-state index in [0.29, 0.717) is 6.07 Å². The van der Waals surface area contributed by atoms with Gasteiger partial charge in [0.05, 0.1) is 16.7 Å². The van der Waals surface area contributed by atoms with E-state index in [1.807, 2.05) is 0 Å². The summed E-state index contributed by atoms with van der Waals surface area (Å²) in [5.41, 5.74) is -0.182. The van der Waals surface area contributed by atoms with E-state index in [4.69, 9.17) is 9.63 Å². The van der Waals surface area contributed by atoms with Gasteiger partial charge in [-0.3, -0.25) is 0 Å². The van der Waals surface area contributed by atoms with Crippen molar-refractivity contribution in [2.24, 2.45) is 0 Å². The molecule has 0 amide bonds. The van der Waals surface area contributed by atoms with E-state index in [9.17, 15) is 18.7 Å². The number of carboxylic acids is 1. The summed E-state index contributed by atoms with van der Waals surface area (Å²) >= 11 is 0. The molecule has 0 unspecified atom stereocenters. The van der Waals surface area contributed by atoms with Crippen LogP contribution in [0.2, 0.25) is 0 Å². The Morgan fingerprint density at radius 3 is 2.57 bits per heavy atom. The minimum atomic E-state index is -1.19. The third-order valence-corrected chi connectivity index (χ3v) is 3.07. The molecule has 2 N–H and O–H groups in total. The zero-order valence-corrected chi connectivity index (χ0v) is 11.3. The average molecular weight is 318 g/mol. The van der Waals surface area contributed by atoms with Gasteiger partial charge in [0.2, 0.25) is 5.82 Å². The molecule has 2 aromatic carbocycles. The van der Waals surface area contributed by atoms with Crippen molar-refractivity contribution in [2.45, 2.75) is 0 Å². The van der Waals surface area contributed by atoms with Crippen LogP contribution in [0.3, 0.4) is 0 Å². The number of carboxylic acid groups (broad SMARTS) is 1. The molecule has 0 spiro atoms. The molecule has 0 aliphatic carbocycles. The number of aromatic nitrogens is 2. The number of nitrogens with zero attached hydrogens (tertiary/aromatic N) is 2. The number of halogens is 2. The number of phenols is 1. The van der Waals surface area contributed by atoms with E-state index in [2.05, 4.69) is 10.1 Å². The average Bonchev–Trinajstić information content (AvgIpc) is 2.96. The molecule has 0 fully saturated rings. The Hall–Kier alpha value is -3.29. The molecule has 23 heavy (non-hydrogen) atoms. The first kappa shape index (κ1) is 14.6. The lowest BCUT2D eigenvalue weighted by molar-refractivity contribution is 0.0697. The van der Waals surface area contributed by atoms with Gasteiger partial charge in [-0.05, 0) is 30.3 Å². The van der Waals surface area contributed by atoms with Gasteiger partial charge >= 0.3 is 5.97 Å². The molecule has 0 atom stereocenters.